The van der Waals surface area contributed by atoms with Crippen LogP contribution < -0.4 is 5.73 Å². The van der Waals surface area contributed by atoms with Crippen molar-refractivity contribution in [3.8, 4) is 12.8 Å². The maximum atomic E-state index is 12.2. The van der Waals surface area contributed by atoms with Crippen LogP contribution in [0.3, 0.4) is 0 Å². The van der Waals surface area contributed by atoms with Crippen molar-refractivity contribution in [1.82, 2.24) is 4.90 Å². The summed E-state index contributed by atoms with van der Waals surface area (Å²) in [5, 5.41) is 0.437. The van der Waals surface area contributed by atoms with Crippen molar-refractivity contribution in [3.05, 3.63) is 0 Å². The van der Waals surface area contributed by atoms with Crippen molar-refractivity contribution in [2.24, 2.45) is 17.1 Å². The number of amides is 2. The van der Waals surface area contributed by atoms with Crippen LogP contribution >= 0.6 is 11.8 Å². The third-order valence-corrected chi connectivity index (χ3v) is 5.35. The molecule has 0 aliphatic carbocycles. The Morgan fingerprint density at radius 3 is 2.40 bits per heavy atom. The van der Waals surface area contributed by atoms with E-state index in [2.05, 4.69) is 51.2 Å². The van der Waals surface area contributed by atoms with Crippen molar-refractivity contribution >= 4 is 24.1 Å². The molecule has 20 heavy (non-hydrogen) atoms. The molecule has 2 N–H and O–H groups in total. The van der Waals surface area contributed by atoms with Gasteiger partial charge in [0.25, 0.3) is 0 Å². The summed E-state index contributed by atoms with van der Waals surface area (Å²) >= 11 is 1.97. The number of nitrogens with two attached hydrogens (primary N) is 1. The van der Waals surface area contributed by atoms with E-state index in [1.165, 1.54) is 0 Å². The maximum absolute atomic E-state index is 12.2. The molecule has 2 amide bonds. The van der Waals surface area contributed by atoms with E-state index in [0.717, 1.165) is 18.6 Å². The molecule has 0 radical (unpaired) electrons. The molecule has 2 heterocycles. The van der Waals surface area contributed by atoms with Gasteiger partial charge >= 0.3 is 0 Å². The highest BCUT2D eigenvalue weighted by molar-refractivity contribution is 7.99. The second-order valence-electron chi connectivity index (χ2n) is 5.77. The number of primary amides is 1. The molecule has 2 saturated heterocycles. The summed E-state index contributed by atoms with van der Waals surface area (Å²) in [6.07, 6.45) is 10.4. The van der Waals surface area contributed by atoms with Crippen LogP contribution in [0.1, 0.15) is 40.5 Å². The van der Waals surface area contributed by atoms with Gasteiger partial charge in [-0.2, -0.15) is 0 Å². The first-order valence-corrected chi connectivity index (χ1v) is 7.82. The fourth-order valence-electron chi connectivity index (χ4n) is 2.58. The number of hydrogen-bond donors (Lipinski definition) is 1. The zero-order valence-corrected chi connectivity index (χ0v) is 13.7. The molecule has 0 saturated carbocycles. The molecule has 0 spiro atoms. The highest BCUT2D eigenvalue weighted by Crippen LogP contribution is 2.46. The summed E-state index contributed by atoms with van der Waals surface area (Å²) in [4.78, 5) is 23.0. The Balaban J connectivity index is 0.000000641. The minimum absolute atomic E-state index is 0.221. The van der Waals surface area contributed by atoms with E-state index in [1.807, 2.05) is 11.8 Å². The van der Waals surface area contributed by atoms with Crippen molar-refractivity contribution < 1.29 is 9.59 Å². The van der Waals surface area contributed by atoms with Gasteiger partial charge in [-0.3, -0.25) is 9.59 Å². The highest BCUT2D eigenvalue weighted by Gasteiger charge is 2.47. The number of hydrogen-bond acceptors (Lipinski definition) is 3. The molecule has 0 aromatic carbocycles. The van der Waals surface area contributed by atoms with E-state index >= 15 is 0 Å². The van der Waals surface area contributed by atoms with Crippen LogP contribution in [0.15, 0.2) is 0 Å². The Morgan fingerprint density at radius 1 is 1.40 bits per heavy atom. The number of rotatable bonds is 0. The second-order valence-corrected chi connectivity index (χ2v) is 7.05. The zero-order valence-electron chi connectivity index (χ0n) is 12.8. The van der Waals surface area contributed by atoms with Gasteiger partial charge in [-0.05, 0) is 30.9 Å². The van der Waals surface area contributed by atoms with E-state index in [9.17, 15) is 4.79 Å². The van der Waals surface area contributed by atoms with Crippen LogP contribution in [0.25, 0.3) is 0 Å². The van der Waals surface area contributed by atoms with Crippen LogP contribution in [-0.2, 0) is 9.59 Å². The van der Waals surface area contributed by atoms with Crippen molar-refractivity contribution in [2.75, 3.05) is 5.75 Å². The molecular formula is C15H26N2O2S. The van der Waals surface area contributed by atoms with E-state index in [-0.39, 0.29) is 17.7 Å². The van der Waals surface area contributed by atoms with Gasteiger partial charge in [-0.15, -0.1) is 24.6 Å². The smallest absolute Gasteiger partial charge is 0.226 e. The standard InChI is InChI=1S/C12H21NOS.C2H2.CH3NO/c1-8-5-6-15-10-7-12(3,4)9(2)13(10)11(8)14;1-2;2-1-3/h8-10H,5-7H2,1-4H3;1-2H;1H,(H2,2,3). The lowest BCUT2D eigenvalue weighted by Crippen LogP contribution is -2.42. The third kappa shape index (κ3) is 4.17. The Labute approximate surface area is 126 Å². The Bertz CT molecular complexity index is 355. The van der Waals surface area contributed by atoms with Crippen LogP contribution in [0.5, 0.6) is 0 Å². The average molecular weight is 298 g/mol. The van der Waals surface area contributed by atoms with Crippen LogP contribution in [-0.4, -0.2) is 34.4 Å². The highest BCUT2D eigenvalue weighted by atomic mass is 32.2. The van der Waals surface area contributed by atoms with Gasteiger partial charge in [0, 0.05) is 12.0 Å². The predicted octanol–water partition coefficient (Wildman–Crippen LogP) is 2.08. The first kappa shape index (κ1) is 18.9. The fourth-order valence-corrected chi connectivity index (χ4v) is 4.33. The fraction of sp³-hybridized carbons (Fsp3) is 0.733. The summed E-state index contributed by atoms with van der Waals surface area (Å²) in [5.74, 6) is 1.73. The van der Waals surface area contributed by atoms with Gasteiger partial charge in [-0.1, -0.05) is 20.8 Å². The van der Waals surface area contributed by atoms with Crippen molar-refractivity contribution in [3.63, 3.8) is 0 Å². The lowest BCUT2D eigenvalue weighted by molar-refractivity contribution is -0.136. The monoisotopic (exact) mass is 298 g/mol. The summed E-state index contributed by atoms with van der Waals surface area (Å²) < 4.78 is 0. The summed E-state index contributed by atoms with van der Waals surface area (Å²) in [5.41, 5.74) is 4.45. The van der Waals surface area contributed by atoms with Gasteiger partial charge in [-0.25, -0.2) is 0 Å². The number of nitrogens with zero attached hydrogens (tertiary/aromatic N) is 1. The molecule has 3 unspecified atom stereocenters. The number of thioether (sulfide) groups is 1. The normalized spacial score (nSPS) is 30.8. The quantitative estimate of drug-likeness (QED) is 0.550. The van der Waals surface area contributed by atoms with Gasteiger partial charge < -0.3 is 10.6 Å². The predicted molar refractivity (Wildman–Crippen MR) is 84.9 cm³/mol. The number of terminal acetylenes is 1. The number of fused-ring (bicyclic) bond motifs is 1. The minimum Gasteiger partial charge on any atom is -0.372 e. The lowest BCUT2D eigenvalue weighted by atomic mass is 9.85. The van der Waals surface area contributed by atoms with Crippen molar-refractivity contribution in [2.45, 2.75) is 52.0 Å². The second kappa shape index (κ2) is 8.21. The van der Waals surface area contributed by atoms with Crippen LogP contribution in [0.2, 0.25) is 0 Å². The summed E-state index contributed by atoms with van der Waals surface area (Å²) in [6.45, 7) is 8.84. The molecule has 2 fully saturated rings. The average Bonchev–Trinajstić information content (AvgIpc) is 2.53. The molecular weight excluding hydrogens is 272 g/mol. The summed E-state index contributed by atoms with van der Waals surface area (Å²) in [6, 6.07) is 0.392. The van der Waals surface area contributed by atoms with Gasteiger partial charge in [0.2, 0.25) is 12.3 Å². The SMILES string of the molecule is C#C.CC1CCSC2CC(C)(C)C(C)N2C1=O.NC=O. The maximum Gasteiger partial charge on any atom is 0.226 e. The van der Waals surface area contributed by atoms with E-state index in [4.69, 9.17) is 4.79 Å². The van der Waals surface area contributed by atoms with E-state index in [1.54, 1.807) is 0 Å². The zero-order chi connectivity index (χ0) is 15.9. The molecule has 2 rings (SSSR count). The lowest BCUT2D eigenvalue weighted by Gasteiger charge is -2.31. The first-order chi connectivity index (χ1) is 9.35. The summed E-state index contributed by atoms with van der Waals surface area (Å²) in [7, 11) is 0. The van der Waals surface area contributed by atoms with Gasteiger partial charge in [0.1, 0.15) is 0 Å². The van der Waals surface area contributed by atoms with Crippen LogP contribution in [0, 0.1) is 24.2 Å². The van der Waals surface area contributed by atoms with E-state index < -0.39 is 0 Å². The third-order valence-electron chi connectivity index (χ3n) is 4.10. The Kier molecular flexibility index (Phi) is 7.74. The molecule has 2 aliphatic heterocycles. The van der Waals surface area contributed by atoms with Gasteiger partial charge in [0.05, 0.1) is 5.37 Å². The first-order valence-electron chi connectivity index (χ1n) is 6.77. The number of carbonyl (C=O) groups excluding carboxylic acids is 2. The topological polar surface area (TPSA) is 63.4 Å². The van der Waals surface area contributed by atoms with Crippen LogP contribution in [0.4, 0.5) is 0 Å². The molecule has 0 aromatic heterocycles. The Morgan fingerprint density at radius 2 is 1.90 bits per heavy atom. The van der Waals surface area contributed by atoms with E-state index in [0.29, 0.717) is 17.3 Å². The largest absolute Gasteiger partial charge is 0.372 e. The molecule has 3 atom stereocenters. The molecule has 4 nitrogen and oxygen atoms in total. The Hall–Kier alpha value is -1.15. The van der Waals surface area contributed by atoms with Gasteiger partial charge in [0.15, 0.2) is 0 Å². The molecule has 2 aliphatic rings. The van der Waals surface area contributed by atoms with Crippen molar-refractivity contribution in [1.29, 1.82) is 0 Å². The molecule has 114 valence electrons. The number of carbonyl (C=O) groups is 2. The molecule has 0 bridgehead atoms. The minimum atomic E-state index is 0.221. The molecule has 5 heteroatoms. The molecule has 0 aromatic rings.